The smallest absolute Gasteiger partial charge is 0.252 e. The maximum absolute atomic E-state index is 12.6. The zero-order chi connectivity index (χ0) is 15.0. The largest absolute Gasteiger partial charge is 0.396 e. The predicted molar refractivity (Wildman–Crippen MR) is 81.4 cm³/mol. The van der Waals surface area contributed by atoms with Gasteiger partial charge >= 0.3 is 0 Å². The Morgan fingerprint density at radius 1 is 1.40 bits per heavy atom. The van der Waals surface area contributed by atoms with Crippen LogP contribution in [0, 0.1) is 11.3 Å². The first-order chi connectivity index (χ1) is 9.25. The molecule has 4 nitrogen and oxygen atoms in total. The molecular formula is C14H23NO3S2. The zero-order valence-corrected chi connectivity index (χ0v) is 13.9. The lowest BCUT2D eigenvalue weighted by molar-refractivity contribution is 0.252. The van der Waals surface area contributed by atoms with Crippen molar-refractivity contribution in [3.05, 3.63) is 17.0 Å². The molecule has 6 heteroatoms. The Labute approximate surface area is 125 Å². The van der Waals surface area contributed by atoms with Crippen molar-refractivity contribution in [2.75, 3.05) is 19.7 Å². The molecule has 1 N–H and O–H groups in total. The van der Waals surface area contributed by atoms with E-state index in [1.54, 1.807) is 16.4 Å². The molecule has 114 valence electrons. The van der Waals surface area contributed by atoms with Gasteiger partial charge in [-0.1, -0.05) is 20.8 Å². The Kier molecular flexibility index (Phi) is 4.59. The van der Waals surface area contributed by atoms with E-state index in [9.17, 15) is 8.42 Å². The first-order valence-corrected chi connectivity index (χ1v) is 9.20. The van der Waals surface area contributed by atoms with Crippen LogP contribution >= 0.6 is 11.3 Å². The molecule has 1 saturated heterocycles. The van der Waals surface area contributed by atoms with E-state index in [4.69, 9.17) is 5.11 Å². The first kappa shape index (κ1) is 15.9. The third kappa shape index (κ3) is 3.24. The molecule has 2 rings (SSSR count). The molecule has 0 aromatic carbocycles. The average Bonchev–Trinajstić information content (AvgIpc) is 2.97. The highest BCUT2D eigenvalue weighted by molar-refractivity contribution is 7.91. The lowest BCUT2D eigenvalue weighted by Gasteiger charge is -2.26. The minimum absolute atomic E-state index is 0.0514. The molecular weight excluding hydrogens is 294 g/mol. The molecule has 1 fully saturated rings. The molecule has 0 saturated carbocycles. The summed E-state index contributed by atoms with van der Waals surface area (Å²) in [5.41, 5.74) is 0.141. The van der Waals surface area contributed by atoms with E-state index >= 15 is 0 Å². The number of aliphatic hydroxyl groups excluding tert-OH is 1. The highest BCUT2D eigenvalue weighted by atomic mass is 32.2. The molecule has 1 aliphatic heterocycles. The Balaban J connectivity index is 2.15. The molecule has 0 spiro atoms. The normalized spacial score (nSPS) is 21.5. The molecule has 1 aromatic heterocycles. The van der Waals surface area contributed by atoms with E-state index in [2.05, 4.69) is 20.8 Å². The topological polar surface area (TPSA) is 57.6 Å². The summed E-state index contributed by atoms with van der Waals surface area (Å²) in [6.45, 7) is 7.77. The molecule has 0 bridgehead atoms. The van der Waals surface area contributed by atoms with Gasteiger partial charge in [-0.05, 0) is 29.9 Å². The Morgan fingerprint density at radius 3 is 2.65 bits per heavy atom. The fourth-order valence-electron chi connectivity index (χ4n) is 2.52. The van der Waals surface area contributed by atoms with Gasteiger partial charge in [0.15, 0.2) is 0 Å². The Bertz CT molecular complexity index is 557. The highest BCUT2D eigenvalue weighted by Gasteiger charge is 2.38. The lowest BCUT2D eigenvalue weighted by atomic mass is 9.80. The van der Waals surface area contributed by atoms with E-state index < -0.39 is 10.0 Å². The van der Waals surface area contributed by atoms with Gasteiger partial charge in [0.1, 0.15) is 4.21 Å². The highest BCUT2D eigenvalue weighted by Crippen LogP contribution is 2.36. The molecule has 20 heavy (non-hydrogen) atoms. The summed E-state index contributed by atoms with van der Waals surface area (Å²) < 4.78 is 27.2. The van der Waals surface area contributed by atoms with Crippen LogP contribution in [0.4, 0.5) is 0 Å². The first-order valence-electron chi connectivity index (χ1n) is 6.95. The van der Waals surface area contributed by atoms with Gasteiger partial charge in [0, 0.05) is 31.0 Å². The zero-order valence-electron chi connectivity index (χ0n) is 12.3. The number of nitrogens with zero attached hydrogens (tertiary/aromatic N) is 1. The van der Waals surface area contributed by atoms with Crippen LogP contribution in [0.2, 0.25) is 0 Å². The second kappa shape index (κ2) is 5.75. The van der Waals surface area contributed by atoms with E-state index in [1.165, 1.54) is 11.3 Å². The second-order valence-corrected chi connectivity index (χ2v) is 9.74. The Morgan fingerprint density at radius 2 is 2.10 bits per heavy atom. The number of thiophene rings is 1. The molecule has 1 unspecified atom stereocenters. The van der Waals surface area contributed by atoms with Crippen LogP contribution in [-0.4, -0.2) is 37.5 Å². The SMILES string of the molecule is CC(C)(C)C1CCN(S(=O)(=O)c2ccc(CCO)s2)C1. The molecule has 2 heterocycles. The van der Waals surface area contributed by atoms with Crippen molar-refractivity contribution >= 4 is 21.4 Å². The monoisotopic (exact) mass is 317 g/mol. The molecule has 1 aliphatic rings. The number of aliphatic hydroxyl groups is 1. The fourth-order valence-corrected chi connectivity index (χ4v) is 5.52. The van der Waals surface area contributed by atoms with Crippen molar-refractivity contribution in [2.24, 2.45) is 11.3 Å². The van der Waals surface area contributed by atoms with Crippen LogP contribution in [0.5, 0.6) is 0 Å². The quantitative estimate of drug-likeness (QED) is 0.927. The summed E-state index contributed by atoms with van der Waals surface area (Å²) in [6.07, 6.45) is 1.45. The maximum Gasteiger partial charge on any atom is 0.252 e. The van der Waals surface area contributed by atoms with Crippen molar-refractivity contribution in [3.8, 4) is 0 Å². The van der Waals surface area contributed by atoms with Crippen molar-refractivity contribution in [1.82, 2.24) is 4.31 Å². The van der Waals surface area contributed by atoms with Crippen LogP contribution in [0.15, 0.2) is 16.3 Å². The van der Waals surface area contributed by atoms with Crippen molar-refractivity contribution in [2.45, 2.75) is 37.8 Å². The Hall–Kier alpha value is -0.430. The number of rotatable bonds is 4. The standard InChI is InChI=1S/C14H23NO3S2/c1-14(2,3)11-6-8-15(10-11)20(17,18)13-5-4-12(19-13)7-9-16/h4-5,11,16H,6-10H2,1-3H3. The molecule has 0 radical (unpaired) electrons. The third-order valence-electron chi connectivity index (χ3n) is 3.97. The maximum atomic E-state index is 12.6. The van der Waals surface area contributed by atoms with Gasteiger partial charge in [0.25, 0.3) is 10.0 Å². The summed E-state index contributed by atoms with van der Waals surface area (Å²) in [4.78, 5) is 0.914. The van der Waals surface area contributed by atoms with E-state index in [0.29, 0.717) is 29.6 Å². The van der Waals surface area contributed by atoms with Gasteiger partial charge in [-0.25, -0.2) is 8.42 Å². The van der Waals surface area contributed by atoms with E-state index in [0.717, 1.165) is 11.3 Å². The summed E-state index contributed by atoms with van der Waals surface area (Å²) >= 11 is 1.27. The van der Waals surface area contributed by atoms with Gasteiger partial charge in [-0.2, -0.15) is 4.31 Å². The number of sulfonamides is 1. The number of hydrogen-bond acceptors (Lipinski definition) is 4. The minimum Gasteiger partial charge on any atom is -0.396 e. The third-order valence-corrected chi connectivity index (χ3v) is 7.44. The van der Waals surface area contributed by atoms with Crippen LogP contribution in [-0.2, 0) is 16.4 Å². The summed E-state index contributed by atoms with van der Waals surface area (Å²) in [6, 6.07) is 3.46. The molecule has 0 amide bonds. The summed E-state index contributed by atoms with van der Waals surface area (Å²) in [5, 5.41) is 8.91. The van der Waals surface area contributed by atoms with Gasteiger partial charge in [0.05, 0.1) is 0 Å². The van der Waals surface area contributed by atoms with Crippen molar-refractivity contribution in [1.29, 1.82) is 0 Å². The van der Waals surface area contributed by atoms with Gasteiger partial charge in [-0.3, -0.25) is 0 Å². The van der Waals surface area contributed by atoms with Gasteiger partial charge in [-0.15, -0.1) is 11.3 Å². The lowest BCUT2D eigenvalue weighted by Crippen LogP contribution is -2.30. The predicted octanol–water partition coefficient (Wildman–Crippen LogP) is 2.34. The van der Waals surface area contributed by atoms with Crippen LogP contribution < -0.4 is 0 Å². The van der Waals surface area contributed by atoms with Gasteiger partial charge < -0.3 is 5.11 Å². The van der Waals surface area contributed by atoms with Crippen molar-refractivity contribution < 1.29 is 13.5 Å². The average molecular weight is 317 g/mol. The summed E-state index contributed by atoms with van der Waals surface area (Å²) in [7, 11) is -3.36. The van der Waals surface area contributed by atoms with Crippen LogP contribution in [0.1, 0.15) is 32.1 Å². The second-order valence-electron chi connectivity index (χ2n) is 6.41. The van der Waals surface area contributed by atoms with E-state index in [1.807, 2.05) is 0 Å². The molecule has 1 atom stereocenters. The fraction of sp³-hybridized carbons (Fsp3) is 0.714. The number of hydrogen-bond donors (Lipinski definition) is 1. The van der Waals surface area contributed by atoms with Crippen LogP contribution in [0.3, 0.4) is 0 Å². The minimum atomic E-state index is -3.36. The molecule has 1 aromatic rings. The van der Waals surface area contributed by atoms with Gasteiger partial charge in [0.2, 0.25) is 0 Å². The van der Waals surface area contributed by atoms with E-state index in [-0.39, 0.29) is 12.0 Å². The van der Waals surface area contributed by atoms with Crippen molar-refractivity contribution in [3.63, 3.8) is 0 Å². The van der Waals surface area contributed by atoms with Crippen LogP contribution in [0.25, 0.3) is 0 Å². The molecule has 0 aliphatic carbocycles. The summed E-state index contributed by atoms with van der Waals surface area (Å²) in [5.74, 6) is 0.411.